The maximum absolute atomic E-state index is 6.68. The van der Waals surface area contributed by atoms with Gasteiger partial charge in [-0.1, -0.05) is 154 Å². The Morgan fingerprint density at radius 2 is 1.18 bits per heavy atom. The number of nitrogens with zero attached hydrogens (tertiary/aromatic N) is 1. The van der Waals surface area contributed by atoms with Gasteiger partial charge in [-0.15, -0.1) is 0 Å². The van der Waals surface area contributed by atoms with Gasteiger partial charge in [0.15, 0.2) is 7.28 Å². The Kier molecular flexibility index (Phi) is 8.36. The van der Waals surface area contributed by atoms with Crippen LogP contribution in [-0.2, 0) is 27.1 Å². The first-order valence-electron chi connectivity index (χ1n) is 26.0. The van der Waals surface area contributed by atoms with Gasteiger partial charge in [-0.05, 0) is 162 Å². The SMILES string of the molecule is Cc1cc(-c2cc3c(cc2Nc2ccc(C(C)(C)C)cc2)C(C)(C)c2cc4c(cc2-3)C(C)(C)CCC4(C)C)c2c3c1c1cc4c(cc1n3-c1cc3c(cc1[B]2)C(C)(C)c1ccccc1-3)oc1ccccc14. The third-order valence-corrected chi connectivity index (χ3v) is 18.1. The highest BCUT2D eigenvalue weighted by molar-refractivity contribution is 6.73. The van der Waals surface area contributed by atoms with E-state index in [1.165, 1.54) is 129 Å². The van der Waals surface area contributed by atoms with Crippen molar-refractivity contribution in [1.82, 2.24) is 4.57 Å². The van der Waals surface area contributed by atoms with E-state index in [2.05, 4.69) is 228 Å². The summed E-state index contributed by atoms with van der Waals surface area (Å²) in [4.78, 5) is 0. The third-order valence-electron chi connectivity index (χ3n) is 18.1. The zero-order valence-electron chi connectivity index (χ0n) is 43.5. The lowest BCUT2D eigenvalue weighted by molar-refractivity contribution is 0.331. The van der Waals surface area contributed by atoms with E-state index < -0.39 is 0 Å². The van der Waals surface area contributed by atoms with Crippen LogP contribution in [0.1, 0.15) is 134 Å². The topological polar surface area (TPSA) is 30.1 Å². The lowest BCUT2D eigenvalue weighted by atomic mass is 9.58. The van der Waals surface area contributed by atoms with E-state index in [0.29, 0.717) is 0 Å². The van der Waals surface area contributed by atoms with E-state index in [9.17, 15) is 0 Å². The van der Waals surface area contributed by atoms with Gasteiger partial charge in [-0.3, -0.25) is 0 Å². The van der Waals surface area contributed by atoms with E-state index in [0.717, 1.165) is 33.3 Å². The average Bonchev–Trinajstić information content (AvgIpc) is 4.00. The fourth-order valence-electron chi connectivity index (χ4n) is 13.9. The zero-order chi connectivity index (χ0) is 49.1. The maximum Gasteiger partial charge on any atom is 0.197 e. The Hall–Kier alpha value is -6.78. The summed E-state index contributed by atoms with van der Waals surface area (Å²) in [5.74, 6) is 0. The molecule has 4 aliphatic rings. The van der Waals surface area contributed by atoms with E-state index >= 15 is 0 Å². The molecule has 349 valence electrons. The van der Waals surface area contributed by atoms with Crippen molar-refractivity contribution in [2.45, 2.75) is 123 Å². The molecule has 0 saturated carbocycles. The fourth-order valence-corrected chi connectivity index (χ4v) is 13.9. The second kappa shape index (κ2) is 13.8. The lowest BCUT2D eigenvalue weighted by Crippen LogP contribution is -2.38. The Morgan fingerprint density at radius 1 is 0.535 bits per heavy atom. The lowest BCUT2D eigenvalue weighted by Gasteiger charge is -2.42. The summed E-state index contributed by atoms with van der Waals surface area (Å²) in [6.45, 7) is 28.7. The molecule has 2 aromatic heterocycles. The van der Waals surface area contributed by atoms with Crippen LogP contribution in [0.25, 0.3) is 82.8 Å². The second-order valence-corrected chi connectivity index (χ2v) is 25.2. The van der Waals surface area contributed by atoms with Crippen LogP contribution in [0.5, 0.6) is 0 Å². The van der Waals surface area contributed by atoms with Crippen LogP contribution in [0.2, 0.25) is 0 Å². The van der Waals surface area contributed by atoms with Gasteiger partial charge in [0.2, 0.25) is 0 Å². The monoisotopic (exact) mass is 921 g/mol. The van der Waals surface area contributed by atoms with Crippen LogP contribution in [0.3, 0.4) is 0 Å². The molecule has 3 aliphatic carbocycles. The molecule has 0 atom stereocenters. The summed E-state index contributed by atoms with van der Waals surface area (Å²) in [5.41, 5.74) is 29.2. The van der Waals surface area contributed by atoms with Crippen molar-refractivity contribution >= 4 is 73.3 Å². The molecule has 8 aromatic carbocycles. The fraction of sp³-hybridized carbons (Fsp3) is 0.284. The Bertz CT molecular complexity index is 4030. The van der Waals surface area contributed by atoms with E-state index in [4.69, 9.17) is 4.42 Å². The summed E-state index contributed by atoms with van der Waals surface area (Å²) < 4.78 is 9.27. The molecule has 0 unspecified atom stereocenters. The number of aromatic nitrogens is 1. The summed E-state index contributed by atoms with van der Waals surface area (Å²) >= 11 is 0. The summed E-state index contributed by atoms with van der Waals surface area (Å²) in [7, 11) is 2.53. The summed E-state index contributed by atoms with van der Waals surface area (Å²) in [5, 5.41) is 8.94. The van der Waals surface area contributed by atoms with Gasteiger partial charge in [0.05, 0.1) is 5.52 Å². The van der Waals surface area contributed by atoms with Crippen LogP contribution < -0.4 is 16.2 Å². The van der Waals surface area contributed by atoms with Crippen LogP contribution in [-0.4, -0.2) is 11.8 Å². The number of benzene rings is 8. The minimum Gasteiger partial charge on any atom is -0.456 e. The van der Waals surface area contributed by atoms with E-state index in [-0.39, 0.29) is 27.1 Å². The molecule has 4 heteroatoms. The Morgan fingerprint density at radius 3 is 1.94 bits per heavy atom. The molecule has 1 aliphatic heterocycles. The van der Waals surface area contributed by atoms with Crippen LogP contribution in [0.4, 0.5) is 11.4 Å². The number of fused-ring (bicyclic) bond motifs is 15. The van der Waals surface area contributed by atoms with Crippen molar-refractivity contribution < 1.29 is 4.42 Å². The Balaban J connectivity index is 1.07. The van der Waals surface area contributed by atoms with Crippen LogP contribution in [0.15, 0.2) is 132 Å². The molecule has 3 heterocycles. The van der Waals surface area contributed by atoms with Crippen LogP contribution >= 0.6 is 0 Å². The molecule has 10 aromatic rings. The number of aryl methyl sites for hydroxylation is 1. The molecule has 0 fully saturated rings. The van der Waals surface area contributed by atoms with Gasteiger partial charge in [0.1, 0.15) is 11.2 Å². The molecule has 1 N–H and O–H groups in total. The van der Waals surface area contributed by atoms with Crippen molar-refractivity contribution in [2.75, 3.05) is 5.32 Å². The zero-order valence-corrected chi connectivity index (χ0v) is 43.5. The number of rotatable bonds is 3. The highest BCUT2D eigenvalue weighted by Gasteiger charge is 2.44. The predicted octanol–water partition coefficient (Wildman–Crippen LogP) is 16.6. The largest absolute Gasteiger partial charge is 0.456 e. The molecule has 0 amide bonds. The molecule has 0 spiro atoms. The van der Waals surface area contributed by atoms with E-state index in [1.807, 2.05) is 0 Å². The number of anilines is 2. The highest BCUT2D eigenvalue weighted by Crippen LogP contribution is 2.57. The standard InChI is InChI=1S/C67H62BN2O/c1-36-27-46(44-28-41-42-30-52-53(65(7,8)26-25-64(52,5)6)32-49(42)67(11,12)51(41)34-55(44)69-38-23-21-37(22-24-38)63(2,3)4)61-62-60(36)47-29-45-40-18-14-16-20-58(40)71-59(45)35-56(47)70(62)57-31-43-39-17-13-15-19-48(39)66(9,10)50(43)33-54(57)68-61/h13-24,27-35,69H,25-26H2,1-12H3. The van der Waals surface area contributed by atoms with Gasteiger partial charge >= 0.3 is 0 Å². The molecule has 0 bridgehead atoms. The Labute approximate surface area is 419 Å². The predicted molar refractivity (Wildman–Crippen MR) is 302 cm³/mol. The number of furan rings is 1. The van der Waals surface area contributed by atoms with Crippen LogP contribution in [0, 0.1) is 6.92 Å². The van der Waals surface area contributed by atoms with Gasteiger partial charge in [-0.25, -0.2) is 0 Å². The van der Waals surface area contributed by atoms with Crippen molar-refractivity contribution in [2.24, 2.45) is 0 Å². The molecule has 71 heavy (non-hydrogen) atoms. The first-order valence-corrected chi connectivity index (χ1v) is 26.0. The molecule has 14 rings (SSSR count). The maximum atomic E-state index is 6.68. The second-order valence-electron chi connectivity index (χ2n) is 25.2. The smallest absolute Gasteiger partial charge is 0.197 e. The van der Waals surface area contributed by atoms with Crippen molar-refractivity contribution in [3.63, 3.8) is 0 Å². The van der Waals surface area contributed by atoms with Gasteiger partial charge < -0.3 is 14.3 Å². The van der Waals surface area contributed by atoms with Gasteiger partial charge in [0, 0.05) is 66.6 Å². The third kappa shape index (κ3) is 5.80. The highest BCUT2D eigenvalue weighted by atomic mass is 16.3. The minimum absolute atomic E-state index is 0.0588. The van der Waals surface area contributed by atoms with Crippen molar-refractivity contribution in [3.8, 4) is 39.1 Å². The number of hydrogen-bond acceptors (Lipinski definition) is 2. The number of hydrogen-bond donors (Lipinski definition) is 1. The van der Waals surface area contributed by atoms with Gasteiger partial charge in [-0.2, -0.15) is 0 Å². The first kappa shape index (κ1) is 43.0. The molecule has 3 nitrogen and oxygen atoms in total. The molecule has 0 saturated heterocycles. The van der Waals surface area contributed by atoms with Crippen molar-refractivity contribution in [1.29, 1.82) is 0 Å². The van der Waals surface area contributed by atoms with Crippen molar-refractivity contribution in [3.05, 3.63) is 172 Å². The van der Waals surface area contributed by atoms with Gasteiger partial charge in [0.25, 0.3) is 0 Å². The number of para-hydroxylation sites is 1. The minimum atomic E-state index is -0.195. The summed E-state index contributed by atoms with van der Waals surface area (Å²) in [6, 6.07) is 49.2. The number of nitrogens with one attached hydrogen (secondary N) is 1. The molecular formula is C67H62BN2O. The summed E-state index contributed by atoms with van der Waals surface area (Å²) in [6.07, 6.45) is 2.38. The first-order chi connectivity index (χ1) is 33.7. The average molecular weight is 922 g/mol. The molecular weight excluding hydrogens is 860 g/mol. The quantitative estimate of drug-likeness (QED) is 0.179. The normalized spacial score (nSPS) is 17.2. The van der Waals surface area contributed by atoms with E-state index in [1.54, 1.807) is 0 Å². The molecule has 1 radical (unpaired) electrons.